The van der Waals surface area contributed by atoms with Crippen molar-refractivity contribution in [1.82, 2.24) is 0 Å². The molecule has 0 saturated heterocycles. The van der Waals surface area contributed by atoms with Crippen LogP contribution in [0, 0.1) is 3.57 Å². The first-order chi connectivity index (χ1) is 8.50. The second-order valence-electron chi connectivity index (χ2n) is 3.33. The van der Waals surface area contributed by atoms with Crippen molar-refractivity contribution in [2.24, 2.45) is 0 Å². The lowest BCUT2D eigenvalue weighted by molar-refractivity contribution is -0.162. The average molecular weight is 398 g/mol. The molecule has 0 N–H and O–H groups in total. The molecule has 9 heteroatoms. The van der Waals surface area contributed by atoms with Crippen LogP contribution in [0.3, 0.4) is 0 Å². The first-order valence-electron chi connectivity index (χ1n) is 4.55. The Kier molecular flexibility index (Phi) is 4.37. The maximum absolute atomic E-state index is 12.8. The normalized spacial score (nSPS) is 12.4. The topological polar surface area (TPSA) is 26.3 Å². The second-order valence-corrected chi connectivity index (χ2v) is 4.49. The van der Waals surface area contributed by atoms with Crippen molar-refractivity contribution in [3.05, 3.63) is 32.4 Å². The Labute approximate surface area is 116 Å². The van der Waals surface area contributed by atoms with Gasteiger partial charge >= 0.3 is 18.3 Å². The van der Waals surface area contributed by atoms with Crippen LogP contribution in [0.15, 0.2) is 12.1 Å². The van der Waals surface area contributed by atoms with Crippen LogP contribution < -0.4 is 0 Å². The van der Waals surface area contributed by atoms with Gasteiger partial charge in [0, 0.05) is 3.57 Å². The molecule has 1 aromatic carbocycles. The summed E-state index contributed by atoms with van der Waals surface area (Å²) in [6, 6.07) is 1.44. The van der Waals surface area contributed by atoms with Crippen molar-refractivity contribution >= 4 is 28.6 Å². The monoisotopic (exact) mass is 398 g/mol. The lowest BCUT2D eigenvalue weighted by Gasteiger charge is -2.19. The lowest BCUT2D eigenvalue weighted by Crippen LogP contribution is -2.23. The Morgan fingerprint density at radius 1 is 1.05 bits per heavy atom. The van der Waals surface area contributed by atoms with Crippen LogP contribution in [0.2, 0.25) is 0 Å². The molecule has 0 radical (unpaired) electrons. The van der Waals surface area contributed by atoms with E-state index in [1.165, 1.54) is 0 Å². The molecule has 0 bridgehead atoms. The Morgan fingerprint density at radius 3 is 1.89 bits per heavy atom. The highest BCUT2D eigenvalue weighted by molar-refractivity contribution is 14.1. The highest BCUT2D eigenvalue weighted by atomic mass is 127. The van der Waals surface area contributed by atoms with Crippen molar-refractivity contribution in [3.8, 4) is 0 Å². The molecule has 0 atom stereocenters. The van der Waals surface area contributed by atoms with E-state index in [4.69, 9.17) is 0 Å². The molecule has 1 rings (SSSR count). The van der Waals surface area contributed by atoms with Gasteiger partial charge in [0.2, 0.25) is 0 Å². The van der Waals surface area contributed by atoms with E-state index in [2.05, 4.69) is 4.74 Å². The molecule has 2 nitrogen and oxygen atoms in total. The average Bonchev–Trinajstić information content (AvgIpc) is 2.24. The number of hydrogen-bond donors (Lipinski definition) is 0. The molecule has 106 valence electrons. The van der Waals surface area contributed by atoms with Gasteiger partial charge < -0.3 is 4.74 Å². The van der Waals surface area contributed by atoms with Crippen molar-refractivity contribution in [3.63, 3.8) is 0 Å². The van der Waals surface area contributed by atoms with Crippen LogP contribution in [0.25, 0.3) is 0 Å². The molecule has 0 aliphatic heterocycles. The van der Waals surface area contributed by atoms with E-state index in [0.717, 1.165) is 35.8 Å². The van der Waals surface area contributed by atoms with Crippen LogP contribution in [0.4, 0.5) is 26.3 Å². The molecule has 0 spiro atoms. The lowest BCUT2D eigenvalue weighted by atomic mass is 10.00. The number of carbonyl (C=O) groups excluding carboxylic acids is 1. The molecule has 0 unspecified atom stereocenters. The summed E-state index contributed by atoms with van der Waals surface area (Å²) in [6.45, 7) is 0. The van der Waals surface area contributed by atoms with E-state index >= 15 is 0 Å². The minimum Gasteiger partial charge on any atom is -0.465 e. The standard InChI is InChI=1S/C10H5F6IO2/c1-19-8(18)4-2-3-5(17)7(10(14,15)16)6(4)9(11,12)13/h2-3H,1H3. The van der Waals surface area contributed by atoms with E-state index in [1.807, 2.05) is 0 Å². The predicted octanol–water partition coefficient (Wildman–Crippen LogP) is 4.12. The third-order valence-corrected chi connectivity index (χ3v) is 3.03. The van der Waals surface area contributed by atoms with Crippen molar-refractivity contribution in [2.45, 2.75) is 12.4 Å². The van der Waals surface area contributed by atoms with E-state index < -0.39 is 38.6 Å². The first kappa shape index (κ1) is 16.1. The number of carbonyl (C=O) groups is 1. The van der Waals surface area contributed by atoms with Gasteiger partial charge in [-0.15, -0.1) is 0 Å². The molecule has 0 fully saturated rings. The summed E-state index contributed by atoms with van der Waals surface area (Å²) in [5, 5.41) is 0. The molecule has 0 aliphatic carbocycles. The summed E-state index contributed by atoms with van der Waals surface area (Å²) in [7, 11) is 0.785. The summed E-state index contributed by atoms with van der Waals surface area (Å²) in [5.41, 5.74) is -5.08. The van der Waals surface area contributed by atoms with Crippen molar-refractivity contribution in [1.29, 1.82) is 0 Å². The molecule has 1 aromatic rings. The van der Waals surface area contributed by atoms with Crippen molar-refractivity contribution < 1.29 is 35.9 Å². The Morgan fingerprint density at radius 2 is 1.53 bits per heavy atom. The highest BCUT2D eigenvalue weighted by Crippen LogP contribution is 2.44. The van der Waals surface area contributed by atoms with E-state index in [1.54, 1.807) is 0 Å². The van der Waals surface area contributed by atoms with Gasteiger partial charge in [0.1, 0.15) is 0 Å². The van der Waals surface area contributed by atoms with Gasteiger partial charge in [-0.05, 0) is 34.7 Å². The number of esters is 1. The summed E-state index contributed by atoms with van der Waals surface area (Å²) >= 11 is 1.13. The summed E-state index contributed by atoms with van der Waals surface area (Å²) in [6.07, 6.45) is -10.6. The Balaban J connectivity index is 3.76. The fourth-order valence-corrected chi connectivity index (χ4v) is 2.18. The quantitative estimate of drug-likeness (QED) is 0.405. The molecular formula is C10H5F6IO2. The van der Waals surface area contributed by atoms with Gasteiger partial charge in [-0.3, -0.25) is 0 Å². The zero-order chi connectivity index (χ0) is 15.0. The minimum atomic E-state index is -5.32. The molecule has 0 saturated carbocycles. The smallest absolute Gasteiger partial charge is 0.418 e. The predicted molar refractivity (Wildman–Crippen MR) is 60.5 cm³/mol. The maximum Gasteiger partial charge on any atom is 0.418 e. The number of halogens is 7. The number of rotatable bonds is 1. The van der Waals surface area contributed by atoms with Gasteiger partial charge in [-0.1, -0.05) is 0 Å². The Bertz CT molecular complexity index is 506. The molecule has 0 amide bonds. The first-order valence-corrected chi connectivity index (χ1v) is 5.63. The highest BCUT2D eigenvalue weighted by Gasteiger charge is 2.47. The molecule has 0 aromatic heterocycles. The fraction of sp³-hybridized carbons (Fsp3) is 0.300. The van der Waals surface area contributed by atoms with Crippen LogP contribution in [-0.2, 0) is 17.1 Å². The summed E-state index contributed by atoms with van der Waals surface area (Å²) < 4.78 is 80.0. The molecule has 0 aliphatic rings. The Hall–Kier alpha value is -1.00. The zero-order valence-electron chi connectivity index (χ0n) is 9.12. The SMILES string of the molecule is COC(=O)c1ccc(I)c(C(F)(F)F)c1C(F)(F)F. The summed E-state index contributed by atoms with van der Waals surface area (Å²) in [5.74, 6) is -1.48. The van der Waals surface area contributed by atoms with E-state index in [9.17, 15) is 31.1 Å². The number of alkyl halides is 6. The largest absolute Gasteiger partial charge is 0.465 e. The van der Waals surface area contributed by atoms with Crippen LogP contribution in [0.1, 0.15) is 21.5 Å². The number of ether oxygens (including phenoxy) is 1. The summed E-state index contributed by atoms with van der Waals surface area (Å²) in [4.78, 5) is 11.2. The molecule has 19 heavy (non-hydrogen) atoms. The third-order valence-electron chi connectivity index (χ3n) is 2.13. The van der Waals surface area contributed by atoms with Gasteiger partial charge in [0.25, 0.3) is 0 Å². The van der Waals surface area contributed by atoms with Gasteiger partial charge in [0.05, 0.1) is 23.8 Å². The van der Waals surface area contributed by atoms with Crippen molar-refractivity contribution in [2.75, 3.05) is 7.11 Å². The molecular weight excluding hydrogens is 393 g/mol. The van der Waals surface area contributed by atoms with Crippen LogP contribution >= 0.6 is 22.6 Å². The second kappa shape index (κ2) is 5.17. The fourth-order valence-electron chi connectivity index (χ4n) is 1.43. The van der Waals surface area contributed by atoms with Gasteiger partial charge in [-0.2, -0.15) is 26.3 Å². The minimum absolute atomic E-state index is 0.648. The number of benzene rings is 1. The van der Waals surface area contributed by atoms with Crippen LogP contribution in [0.5, 0.6) is 0 Å². The number of methoxy groups -OCH3 is 1. The van der Waals surface area contributed by atoms with E-state index in [-0.39, 0.29) is 0 Å². The maximum atomic E-state index is 12.8. The third kappa shape index (κ3) is 3.31. The molecule has 0 heterocycles. The van der Waals surface area contributed by atoms with Gasteiger partial charge in [-0.25, -0.2) is 4.79 Å². The number of hydrogen-bond acceptors (Lipinski definition) is 2. The van der Waals surface area contributed by atoms with E-state index in [0.29, 0.717) is 6.07 Å². The zero-order valence-corrected chi connectivity index (χ0v) is 11.3. The van der Waals surface area contributed by atoms with Crippen LogP contribution in [-0.4, -0.2) is 13.1 Å². The van der Waals surface area contributed by atoms with Gasteiger partial charge in [0.15, 0.2) is 0 Å².